The first kappa shape index (κ1) is 10.7. The molecule has 0 fully saturated rings. The zero-order valence-corrected chi connectivity index (χ0v) is 11.5. The monoisotopic (exact) mass is 348 g/mol. The van der Waals surface area contributed by atoms with Crippen molar-refractivity contribution in [3.8, 4) is 0 Å². The Balaban J connectivity index is 0.000000720. The minimum Gasteiger partial charge on any atom is -0.126 e. The van der Waals surface area contributed by atoms with Crippen LogP contribution in [-0.2, 0) is 25.8 Å². The van der Waals surface area contributed by atoms with Gasteiger partial charge in [0.05, 0.1) is 0 Å². The van der Waals surface area contributed by atoms with Gasteiger partial charge in [0.25, 0.3) is 0 Å². The molecule has 12 heavy (non-hydrogen) atoms. The van der Waals surface area contributed by atoms with Crippen molar-refractivity contribution in [3.05, 3.63) is 23.3 Å². The van der Waals surface area contributed by atoms with Gasteiger partial charge in [-0.1, -0.05) is 17.7 Å². The van der Waals surface area contributed by atoms with Crippen molar-refractivity contribution in [2.75, 3.05) is 5.88 Å². The zero-order chi connectivity index (χ0) is 7.68. The van der Waals surface area contributed by atoms with Crippen LogP contribution in [0.5, 0.6) is 0 Å². The van der Waals surface area contributed by atoms with Crippen molar-refractivity contribution in [3.63, 3.8) is 0 Å². The molecule has 0 aromatic rings. The third-order valence-corrected chi connectivity index (χ3v) is 3.03. The summed E-state index contributed by atoms with van der Waals surface area (Å²) >= 11 is 5.84. The van der Waals surface area contributed by atoms with Crippen molar-refractivity contribution in [1.29, 1.82) is 0 Å². The molecule has 1 atom stereocenters. The summed E-state index contributed by atoms with van der Waals surface area (Å²) in [4.78, 5) is 0. The van der Waals surface area contributed by atoms with Crippen LogP contribution in [0.15, 0.2) is 23.3 Å². The van der Waals surface area contributed by atoms with E-state index in [1.54, 1.807) is 11.1 Å². The number of allylic oxidation sites excluding steroid dienone is 4. The number of hydrogen-bond donors (Lipinski definition) is 0. The molecule has 0 spiro atoms. The van der Waals surface area contributed by atoms with Gasteiger partial charge < -0.3 is 0 Å². The predicted molar refractivity (Wildman–Crippen MR) is 48.8 cm³/mol. The summed E-state index contributed by atoms with van der Waals surface area (Å²) < 4.78 is 0. The molecular weight excluding hydrogens is 334 g/mol. The molecule has 2 heteroatoms. The maximum atomic E-state index is 5.84. The van der Waals surface area contributed by atoms with Gasteiger partial charge in [0.1, 0.15) is 0 Å². The maximum absolute atomic E-state index is 5.84. The quantitative estimate of drug-likeness (QED) is 0.505. The Labute approximate surface area is 97.8 Å². The second-order valence-corrected chi connectivity index (χ2v) is 3.69. The topological polar surface area (TPSA) is 0 Å². The van der Waals surface area contributed by atoms with Gasteiger partial charge >= 0.3 is 0 Å². The van der Waals surface area contributed by atoms with Crippen LogP contribution in [0.1, 0.15) is 25.7 Å². The standard InChI is InChI=1S/C10H13Cl.Hf/c11-7-9-6-5-8-3-1-2-4-10(8)9;/h5-6,9H,1-4,7H2;. The van der Waals surface area contributed by atoms with Crippen molar-refractivity contribution in [2.24, 2.45) is 5.92 Å². The Morgan fingerprint density at radius 3 is 2.83 bits per heavy atom. The average molecular weight is 347 g/mol. The first-order valence-electron chi connectivity index (χ1n) is 4.38. The van der Waals surface area contributed by atoms with Crippen LogP contribution in [-0.4, -0.2) is 5.88 Å². The van der Waals surface area contributed by atoms with E-state index in [0.717, 1.165) is 5.88 Å². The van der Waals surface area contributed by atoms with Crippen LogP contribution < -0.4 is 0 Å². The normalized spacial score (nSPS) is 26.9. The Bertz CT molecular complexity index is 218. The molecule has 2 rings (SSSR count). The summed E-state index contributed by atoms with van der Waals surface area (Å²) in [6.07, 6.45) is 9.87. The van der Waals surface area contributed by atoms with Gasteiger partial charge in [0.2, 0.25) is 0 Å². The van der Waals surface area contributed by atoms with Gasteiger partial charge in [-0.05, 0) is 31.3 Å². The number of rotatable bonds is 1. The van der Waals surface area contributed by atoms with E-state index in [9.17, 15) is 0 Å². The molecule has 2 aliphatic rings. The molecule has 2 aliphatic carbocycles. The molecular formula is C10H13ClHf. The molecule has 0 bridgehead atoms. The molecule has 0 heterocycles. The van der Waals surface area contributed by atoms with Gasteiger partial charge in [-0.25, -0.2) is 0 Å². The largest absolute Gasteiger partial charge is 0.126 e. The fourth-order valence-corrected chi connectivity index (χ4v) is 2.35. The second-order valence-electron chi connectivity index (χ2n) is 3.38. The molecule has 0 aliphatic heterocycles. The van der Waals surface area contributed by atoms with Gasteiger partial charge in [-0.2, -0.15) is 0 Å². The van der Waals surface area contributed by atoms with Crippen LogP contribution in [0.25, 0.3) is 0 Å². The van der Waals surface area contributed by atoms with E-state index in [0.29, 0.717) is 5.92 Å². The average Bonchev–Trinajstić information content (AvgIpc) is 2.47. The van der Waals surface area contributed by atoms with E-state index in [4.69, 9.17) is 11.6 Å². The number of hydrogen-bond acceptors (Lipinski definition) is 0. The predicted octanol–water partition coefficient (Wildman–Crippen LogP) is 3.28. The van der Waals surface area contributed by atoms with E-state index < -0.39 is 0 Å². The molecule has 0 N–H and O–H groups in total. The Hall–Kier alpha value is 0.640. The molecule has 64 valence electrons. The van der Waals surface area contributed by atoms with E-state index in [2.05, 4.69) is 12.2 Å². The van der Waals surface area contributed by atoms with E-state index >= 15 is 0 Å². The summed E-state index contributed by atoms with van der Waals surface area (Å²) in [5.74, 6) is 1.35. The maximum Gasteiger partial charge on any atom is 0.0324 e. The van der Waals surface area contributed by atoms with Crippen molar-refractivity contribution in [2.45, 2.75) is 25.7 Å². The summed E-state index contributed by atoms with van der Waals surface area (Å²) in [5, 5.41) is 0. The van der Waals surface area contributed by atoms with Crippen LogP contribution in [0.3, 0.4) is 0 Å². The number of halogens is 1. The molecule has 0 saturated carbocycles. The van der Waals surface area contributed by atoms with E-state index in [-0.39, 0.29) is 25.8 Å². The Morgan fingerprint density at radius 1 is 1.33 bits per heavy atom. The van der Waals surface area contributed by atoms with Crippen LogP contribution >= 0.6 is 11.6 Å². The van der Waals surface area contributed by atoms with Crippen molar-refractivity contribution >= 4 is 11.6 Å². The molecule has 0 amide bonds. The van der Waals surface area contributed by atoms with Gasteiger partial charge in [0, 0.05) is 37.6 Å². The van der Waals surface area contributed by atoms with Gasteiger partial charge in [-0.3, -0.25) is 0 Å². The summed E-state index contributed by atoms with van der Waals surface area (Å²) in [5.41, 5.74) is 3.22. The summed E-state index contributed by atoms with van der Waals surface area (Å²) in [6, 6.07) is 0. The van der Waals surface area contributed by atoms with Crippen LogP contribution in [0.2, 0.25) is 0 Å². The smallest absolute Gasteiger partial charge is 0.0324 e. The third-order valence-electron chi connectivity index (χ3n) is 2.70. The fourth-order valence-electron chi connectivity index (χ4n) is 2.06. The molecule has 0 aromatic carbocycles. The van der Waals surface area contributed by atoms with Crippen LogP contribution in [0, 0.1) is 5.92 Å². The molecule has 0 aromatic heterocycles. The van der Waals surface area contributed by atoms with E-state index in [1.165, 1.54) is 25.7 Å². The minimum absolute atomic E-state index is 0. The summed E-state index contributed by atoms with van der Waals surface area (Å²) in [7, 11) is 0. The van der Waals surface area contributed by atoms with Gasteiger partial charge in [0.15, 0.2) is 0 Å². The van der Waals surface area contributed by atoms with Crippen molar-refractivity contribution < 1.29 is 25.8 Å². The Kier molecular flexibility index (Phi) is 4.25. The fraction of sp³-hybridized carbons (Fsp3) is 0.600. The van der Waals surface area contributed by atoms with Crippen molar-refractivity contribution in [1.82, 2.24) is 0 Å². The van der Waals surface area contributed by atoms with Crippen LogP contribution in [0.4, 0.5) is 0 Å². The molecule has 1 unspecified atom stereocenters. The van der Waals surface area contributed by atoms with E-state index in [1.807, 2.05) is 0 Å². The number of alkyl halides is 1. The molecule has 0 nitrogen and oxygen atoms in total. The van der Waals surface area contributed by atoms with Gasteiger partial charge in [-0.15, -0.1) is 11.6 Å². The first-order chi connectivity index (χ1) is 5.42. The SMILES string of the molecule is ClCC1C=CC2=C1CCCC2.[Hf]. The molecule has 0 radical (unpaired) electrons. The first-order valence-corrected chi connectivity index (χ1v) is 4.91. The molecule has 0 saturated heterocycles. The zero-order valence-electron chi connectivity index (χ0n) is 7.15. The Morgan fingerprint density at radius 2 is 2.08 bits per heavy atom. The summed E-state index contributed by atoms with van der Waals surface area (Å²) in [6.45, 7) is 0. The second kappa shape index (κ2) is 4.76. The third kappa shape index (κ3) is 1.93. The minimum atomic E-state index is 0.